The summed E-state index contributed by atoms with van der Waals surface area (Å²) in [5, 5.41) is 8.40. The molecule has 0 saturated heterocycles. The summed E-state index contributed by atoms with van der Waals surface area (Å²) in [6.07, 6.45) is 0.776. The van der Waals surface area contributed by atoms with Crippen LogP contribution in [-0.2, 0) is 13.0 Å². The Morgan fingerprint density at radius 1 is 1.17 bits per heavy atom. The summed E-state index contributed by atoms with van der Waals surface area (Å²) < 4.78 is 3.20. The minimum atomic E-state index is 0.323. The highest BCUT2D eigenvalue weighted by Gasteiger charge is 2.13. The number of nitrogens with two attached hydrogens (primary N) is 1. The van der Waals surface area contributed by atoms with Crippen LogP contribution in [-0.4, -0.2) is 14.8 Å². The van der Waals surface area contributed by atoms with E-state index in [0.29, 0.717) is 12.6 Å². The predicted octanol–water partition coefficient (Wildman–Crippen LogP) is 2.67. The van der Waals surface area contributed by atoms with Gasteiger partial charge in [0.2, 0.25) is 0 Å². The van der Waals surface area contributed by atoms with E-state index < -0.39 is 0 Å². The van der Waals surface area contributed by atoms with Crippen LogP contribution in [0.25, 0.3) is 0 Å². The molecule has 1 aromatic heterocycles. The van der Waals surface area contributed by atoms with Crippen molar-refractivity contribution < 1.29 is 0 Å². The summed E-state index contributed by atoms with van der Waals surface area (Å²) in [5.41, 5.74) is 6.90. The summed E-state index contributed by atoms with van der Waals surface area (Å²) in [7, 11) is 0. The van der Waals surface area contributed by atoms with E-state index in [1.54, 1.807) is 0 Å². The summed E-state index contributed by atoms with van der Waals surface area (Å²) in [6, 6.07) is 8.57. The molecule has 0 aliphatic carbocycles. The molecule has 18 heavy (non-hydrogen) atoms. The maximum atomic E-state index is 5.69. The van der Waals surface area contributed by atoms with Crippen molar-refractivity contribution in [3.05, 3.63) is 46.0 Å². The second kappa shape index (κ2) is 5.63. The lowest BCUT2D eigenvalue weighted by molar-refractivity contribution is 0.548. The van der Waals surface area contributed by atoms with Gasteiger partial charge in [-0.05, 0) is 31.5 Å². The van der Waals surface area contributed by atoms with Crippen molar-refractivity contribution in [1.82, 2.24) is 14.8 Å². The van der Waals surface area contributed by atoms with Crippen molar-refractivity contribution in [1.29, 1.82) is 0 Å². The average Bonchev–Trinajstić information content (AvgIpc) is 2.75. The molecule has 5 heteroatoms. The molecular formula is C13H17BrN4. The van der Waals surface area contributed by atoms with Gasteiger partial charge in [-0.15, -0.1) is 10.2 Å². The van der Waals surface area contributed by atoms with E-state index in [1.165, 1.54) is 5.56 Å². The summed E-state index contributed by atoms with van der Waals surface area (Å²) in [4.78, 5) is 0. The number of hydrogen-bond acceptors (Lipinski definition) is 3. The van der Waals surface area contributed by atoms with Gasteiger partial charge in [0.15, 0.2) is 0 Å². The first-order valence-electron chi connectivity index (χ1n) is 5.99. The first-order valence-corrected chi connectivity index (χ1v) is 6.78. The van der Waals surface area contributed by atoms with Gasteiger partial charge in [-0.1, -0.05) is 28.1 Å². The normalized spacial score (nSPS) is 11.2. The third kappa shape index (κ3) is 2.79. The van der Waals surface area contributed by atoms with Crippen LogP contribution in [0, 0.1) is 0 Å². The topological polar surface area (TPSA) is 56.7 Å². The van der Waals surface area contributed by atoms with Crippen molar-refractivity contribution in [2.75, 3.05) is 0 Å². The number of hydrogen-bond donors (Lipinski definition) is 1. The third-order valence-corrected chi connectivity index (χ3v) is 3.34. The van der Waals surface area contributed by atoms with Gasteiger partial charge in [-0.2, -0.15) is 0 Å². The molecule has 2 rings (SSSR count). The van der Waals surface area contributed by atoms with Crippen LogP contribution in [0.2, 0.25) is 0 Å². The Bertz CT molecular complexity index is 516. The van der Waals surface area contributed by atoms with Crippen LogP contribution in [0.1, 0.15) is 37.1 Å². The molecule has 0 aliphatic rings. The van der Waals surface area contributed by atoms with Gasteiger partial charge in [-0.25, -0.2) is 0 Å². The van der Waals surface area contributed by atoms with E-state index in [1.807, 2.05) is 12.1 Å². The fraction of sp³-hybridized carbons (Fsp3) is 0.385. The molecule has 0 saturated carbocycles. The smallest absolute Gasteiger partial charge is 0.147 e. The Morgan fingerprint density at radius 2 is 1.78 bits per heavy atom. The lowest BCUT2D eigenvalue weighted by atomic mass is 10.1. The highest BCUT2D eigenvalue weighted by molar-refractivity contribution is 9.10. The standard InChI is InChI=1S/C13H17BrN4/c1-9(2)18-12(16-17-13(18)8-15)7-10-3-5-11(14)6-4-10/h3-6,9H,7-8,15H2,1-2H3. The Morgan fingerprint density at radius 3 is 2.33 bits per heavy atom. The summed E-state index contributed by atoms with van der Waals surface area (Å²) in [5.74, 6) is 1.81. The van der Waals surface area contributed by atoms with Crippen LogP contribution >= 0.6 is 15.9 Å². The first kappa shape index (κ1) is 13.2. The zero-order valence-electron chi connectivity index (χ0n) is 10.6. The van der Waals surface area contributed by atoms with Crippen LogP contribution in [0.15, 0.2) is 28.7 Å². The van der Waals surface area contributed by atoms with Crippen molar-refractivity contribution in [2.45, 2.75) is 32.9 Å². The minimum Gasteiger partial charge on any atom is -0.324 e. The molecular weight excluding hydrogens is 292 g/mol. The van der Waals surface area contributed by atoms with Crippen molar-refractivity contribution >= 4 is 15.9 Å². The number of aromatic nitrogens is 3. The number of halogens is 1. The molecule has 1 aromatic carbocycles. The quantitative estimate of drug-likeness (QED) is 0.944. The molecule has 4 nitrogen and oxygen atoms in total. The van der Waals surface area contributed by atoms with E-state index >= 15 is 0 Å². The monoisotopic (exact) mass is 308 g/mol. The van der Waals surface area contributed by atoms with Crippen LogP contribution in [0.3, 0.4) is 0 Å². The molecule has 1 heterocycles. The maximum Gasteiger partial charge on any atom is 0.147 e. The maximum absolute atomic E-state index is 5.69. The highest BCUT2D eigenvalue weighted by atomic mass is 79.9. The Balaban J connectivity index is 2.28. The first-order chi connectivity index (χ1) is 8.61. The van der Waals surface area contributed by atoms with Gasteiger partial charge in [0.25, 0.3) is 0 Å². The molecule has 0 fully saturated rings. The number of rotatable bonds is 4. The van der Waals surface area contributed by atoms with Crippen LogP contribution in [0.5, 0.6) is 0 Å². The van der Waals surface area contributed by atoms with Crippen molar-refractivity contribution in [3.63, 3.8) is 0 Å². The van der Waals surface area contributed by atoms with E-state index in [4.69, 9.17) is 5.73 Å². The Labute approximate surface area is 115 Å². The molecule has 0 radical (unpaired) electrons. The minimum absolute atomic E-state index is 0.323. The molecule has 2 aromatic rings. The van der Waals surface area contributed by atoms with Gasteiger partial charge in [-0.3, -0.25) is 0 Å². The lowest BCUT2D eigenvalue weighted by Gasteiger charge is -2.13. The molecule has 0 bridgehead atoms. The van der Waals surface area contributed by atoms with E-state index in [2.05, 4.69) is 56.7 Å². The Kier molecular flexibility index (Phi) is 4.14. The largest absolute Gasteiger partial charge is 0.324 e. The number of benzene rings is 1. The Hall–Kier alpha value is -1.20. The zero-order valence-corrected chi connectivity index (χ0v) is 12.2. The van der Waals surface area contributed by atoms with E-state index in [0.717, 1.165) is 22.5 Å². The van der Waals surface area contributed by atoms with Gasteiger partial charge in [0.05, 0.1) is 6.54 Å². The predicted molar refractivity (Wildman–Crippen MR) is 75.2 cm³/mol. The van der Waals surface area contributed by atoms with Gasteiger partial charge < -0.3 is 10.3 Å². The van der Waals surface area contributed by atoms with Crippen molar-refractivity contribution in [3.8, 4) is 0 Å². The van der Waals surface area contributed by atoms with Crippen molar-refractivity contribution in [2.24, 2.45) is 5.73 Å². The lowest BCUT2D eigenvalue weighted by Crippen LogP contribution is -2.13. The van der Waals surface area contributed by atoms with Gasteiger partial charge in [0.1, 0.15) is 11.6 Å². The molecule has 96 valence electrons. The molecule has 0 unspecified atom stereocenters. The summed E-state index contributed by atoms with van der Waals surface area (Å²) >= 11 is 3.43. The third-order valence-electron chi connectivity index (χ3n) is 2.81. The van der Waals surface area contributed by atoms with Crippen LogP contribution in [0.4, 0.5) is 0 Å². The van der Waals surface area contributed by atoms with Crippen LogP contribution < -0.4 is 5.73 Å². The number of nitrogens with zero attached hydrogens (tertiary/aromatic N) is 3. The zero-order chi connectivity index (χ0) is 13.1. The van der Waals surface area contributed by atoms with Gasteiger partial charge in [0, 0.05) is 16.9 Å². The molecule has 0 spiro atoms. The molecule has 0 atom stereocenters. The van der Waals surface area contributed by atoms with E-state index in [9.17, 15) is 0 Å². The second-order valence-electron chi connectivity index (χ2n) is 4.50. The average molecular weight is 309 g/mol. The molecule has 0 aliphatic heterocycles. The van der Waals surface area contributed by atoms with E-state index in [-0.39, 0.29) is 0 Å². The fourth-order valence-corrected chi connectivity index (χ4v) is 2.27. The second-order valence-corrected chi connectivity index (χ2v) is 5.42. The molecule has 2 N–H and O–H groups in total. The SMILES string of the molecule is CC(C)n1c(CN)nnc1Cc1ccc(Br)cc1. The fourth-order valence-electron chi connectivity index (χ4n) is 2.00. The van der Waals surface area contributed by atoms with Gasteiger partial charge >= 0.3 is 0 Å². The highest BCUT2D eigenvalue weighted by Crippen LogP contribution is 2.17. The summed E-state index contributed by atoms with van der Waals surface area (Å²) in [6.45, 7) is 4.66. The molecule has 0 amide bonds.